The lowest BCUT2D eigenvalue weighted by molar-refractivity contribution is -0.307. The van der Waals surface area contributed by atoms with E-state index in [2.05, 4.69) is 10.3 Å². The number of carbonyl (C=O) groups is 2. The van der Waals surface area contributed by atoms with Crippen LogP contribution in [-0.2, 0) is 9.59 Å². The molecule has 1 amide bonds. The Morgan fingerprint density at radius 3 is 2.62 bits per heavy atom. The fourth-order valence-corrected chi connectivity index (χ4v) is 3.35. The highest BCUT2D eigenvalue weighted by Gasteiger charge is 2.24. The van der Waals surface area contributed by atoms with Gasteiger partial charge in [0.15, 0.2) is 16.7 Å². The summed E-state index contributed by atoms with van der Waals surface area (Å²) in [6.45, 7) is 3.61. The van der Waals surface area contributed by atoms with Gasteiger partial charge in [0.1, 0.15) is 6.61 Å². The van der Waals surface area contributed by atoms with Gasteiger partial charge in [0.05, 0.1) is 23.2 Å². The van der Waals surface area contributed by atoms with Crippen LogP contribution in [0.3, 0.4) is 0 Å². The van der Waals surface area contributed by atoms with Gasteiger partial charge in [-0.25, -0.2) is 4.99 Å². The van der Waals surface area contributed by atoms with Crippen molar-refractivity contribution in [1.82, 2.24) is 5.32 Å². The molecule has 0 bridgehead atoms. The molecule has 0 aromatic heterocycles. The van der Waals surface area contributed by atoms with Crippen LogP contribution in [0, 0.1) is 6.92 Å². The van der Waals surface area contributed by atoms with E-state index in [1.807, 2.05) is 38.1 Å². The first-order valence-electron chi connectivity index (χ1n) is 8.90. The number of nitrogens with zero attached hydrogens (tertiary/aromatic N) is 1. The van der Waals surface area contributed by atoms with Gasteiger partial charge in [-0.05, 0) is 61.5 Å². The maximum Gasteiger partial charge on any atom is 0.264 e. The Morgan fingerprint density at radius 1 is 1.17 bits per heavy atom. The molecule has 0 saturated carbocycles. The number of carboxylic acid groups (broad SMARTS) is 1. The molecule has 2 aromatic rings. The second-order valence-electron chi connectivity index (χ2n) is 6.12. The van der Waals surface area contributed by atoms with Crippen molar-refractivity contribution in [3.8, 4) is 11.5 Å². The molecular formula is C21H19N2O5S-. The quantitative estimate of drug-likeness (QED) is 0.703. The maximum absolute atomic E-state index is 12.3. The van der Waals surface area contributed by atoms with Crippen molar-refractivity contribution in [3.05, 3.63) is 58.5 Å². The summed E-state index contributed by atoms with van der Waals surface area (Å²) in [6.07, 6.45) is 1.71. The molecule has 1 saturated heterocycles. The van der Waals surface area contributed by atoms with Crippen LogP contribution in [0.1, 0.15) is 18.1 Å². The summed E-state index contributed by atoms with van der Waals surface area (Å²) in [4.78, 5) is 27.8. The Morgan fingerprint density at radius 2 is 1.93 bits per heavy atom. The molecule has 29 heavy (non-hydrogen) atoms. The molecule has 150 valence electrons. The van der Waals surface area contributed by atoms with Gasteiger partial charge in [-0.2, -0.15) is 0 Å². The second kappa shape index (κ2) is 9.29. The number of aryl methyl sites for hydroxylation is 1. The van der Waals surface area contributed by atoms with Gasteiger partial charge in [0, 0.05) is 0 Å². The third-order valence-electron chi connectivity index (χ3n) is 3.83. The number of ether oxygens (including phenoxy) is 2. The van der Waals surface area contributed by atoms with Crippen LogP contribution in [0.2, 0.25) is 0 Å². The number of hydrogen-bond acceptors (Lipinski definition) is 7. The molecular weight excluding hydrogens is 392 g/mol. The zero-order chi connectivity index (χ0) is 20.8. The van der Waals surface area contributed by atoms with Crippen LogP contribution < -0.4 is 19.9 Å². The number of benzene rings is 2. The molecule has 7 nitrogen and oxygen atoms in total. The van der Waals surface area contributed by atoms with E-state index in [0.717, 1.165) is 11.3 Å². The third-order valence-corrected chi connectivity index (χ3v) is 4.74. The van der Waals surface area contributed by atoms with Crippen LogP contribution in [0.25, 0.3) is 6.08 Å². The van der Waals surface area contributed by atoms with Gasteiger partial charge >= 0.3 is 0 Å². The van der Waals surface area contributed by atoms with Crippen molar-refractivity contribution >= 4 is 40.6 Å². The zero-order valence-corrected chi connectivity index (χ0v) is 16.7. The highest BCUT2D eigenvalue weighted by molar-refractivity contribution is 8.18. The average Bonchev–Trinajstić information content (AvgIpc) is 3.02. The first-order valence-corrected chi connectivity index (χ1v) is 9.72. The van der Waals surface area contributed by atoms with E-state index in [0.29, 0.717) is 33.7 Å². The van der Waals surface area contributed by atoms with Gasteiger partial charge in [0.25, 0.3) is 5.91 Å². The molecule has 0 unspecified atom stereocenters. The van der Waals surface area contributed by atoms with Crippen molar-refractivity contribution in [3.63, 3.8) is 0 Å². The van der Waals surface area contributed by atoms with E-state index in [1.54, 1.807) is 24.3 Å². The molecule has 1 N–H and O–H groups in total. The molecule has 0 aliphatic carbocycles. The zero-order valence-electron chi connectivity index (χ0n) is 15.9. The fraction of sp³-hybridized carbons (Fsp3) is 0.190. The van der Waals surface area contributed by atoms with Gasteiger partial charge in [0.2, 0.25) is 0 Å². The normalized spacial score (nSPS) is 16.1. The van der Waals surface area contributed by atoms with Crippen molar-refractivity contribution < 1.29 is 24.2 Å². The van der Waals surface area contributed by atoms with Crippen LogP contribution in [0.15, 0.2) is 52.4 Å². The van der Waals surface area contributed by atoms with Crippen molar-refractivity contribution in [2.75, 3.05) is 13.2 Å². The number of rotatable bonds is 7. The molecule has 0 spiro atoms. The van der Waals surface area contributed by atoms with Crippen molar-refractivity contribution in [1.29, 1.82) is 0 Å². The number of nitrogens with one attached hydrogen (secondary N) is 1. The van der Waals surface area contributed by atoms with Crippen LogP contribution >= 0.6 is 11.8 Å². The van der Waals surface area contributed by atoms with Crippen LogP contribution in [0.5, 0.6) is 11.5 Å². The highest BCUT2D eigenvalue weighted by Crippen LogP contribution is 2.32. The Balaban J connectivity index is 1.79. The Hall–Kier alpha value is -3.26. The average molecular weight is 411 g/mol. The van der Waals surface area contributed by atoms with Gasteiger partial charge < -0.3 is 24.7 Å². The Bertz CT molecular complexity index is 983. The summed E-state index contributed by atoms with van der Waals surface area (Å²) in [5.41, 5.74) is 2.60. The van der Waals surface area contributed by atoms with Gasteiger partial charge in [-0.15, -0.1) is 0 Å². The van der Waals surface area contributed by atoms with E-state index in [1.165, 1.54) is 11.8 Å². The predicted octanol–water partition coefficient (Wildman–Crippen LogP) is 2.41. The molecule has 3 rings (SSSR count). The lowest BCUT2D eigenvalue weighted by Crippen LogP contribution is -2.29. The fourth-order valence-electron chi connectivity index (χ4n) is 2.51. The summed E-state index contributed by atoms with van der Waals surface area (Å²) >= 11 is 1.24. The largest absolute Gasteiger partial charge is 0.546 e. The van der Waals surface area contributed by atoms with Crippen molar-refractivity contribution in [2.45, 2.75) is 13.8 Å². The number of amidine groups is 1. The van der Waals surface area contributed by atoms with E-state index >= 15 is 0 Å². The molecule has 1 aliphatic heterocycles. The van der Waals surface area contributed by atoms with Crippen molar-refractivity contribution in [2.24, 2.45) is 4.99 Å². The molecule has 1 fully saturated rings. The summed E-state index contributed by atoms with van der Waals surface area (Å²) in [5.74, 6) is -0.877. The third kappa shape index (κ3) is 5.61. The topological polar surface area (TPSA) is 100 Å². The monoisotopic (exact) mass is 411 g/mol. The number of aliphatic imine (C=N–C) groups is 1. The summed E-state index contributed by atoms with van der Waals surface area (Å²) < 4.78 is 10.7. The number of aliphatic carboxylic acids is 1. The minimum Gasteiger partial charge on any atom is -0.546 e. The number of amides is 1. The summed E-state index contributed by atoms with van der Waals surface area (Å²) in [7, 11) is 0. The van der Waals surface area contributed by atoms with Crippen LogP contribution in [-0.4, -0.2) is 30.3 Å². The van der Waals surface area contributed by atoms with E-state index in [-0.39, 0.29) is 5.91 Å². The predicted molar refractivity (Wildman–Crippen MR) is 110 cm³/mol. The highest BCUT2D eigenvalue weighted by atomic mass is 32.2. The lowest BCUT2D eigenvalue weighted by Gasteiger charge is -2.13. The minimum absolute atomic E-state index is 0.240. The first-order chi connectivity index (χ1) is 13.9. The number of carboxylic acids is 1. The molecule has 1 aliphatic rings. The SMILES string of the molecule is CCOc1cc(/C=C2\SC(=Nc3ccc(C)cc3)NC2=O)ccc1OCC(=O)[O-]. The Labute approximate surface area is 172 Å². The lowest BCUT2D eigenvalue weighted by atomic mass is 10.2. The molecule has 0 atom stereocenters. The number of carbonyl (C=O) groups excluding carboxylic acids is 2. The van der Waals surface area contributed by atoms with E-state index in [4.69, 9.17) is 9.47 Å². The van der Waals surface area contributed by atoms with Gasteiger partial charge in [-0.1, -0.05) is 23.8 Å². The standard InChI is InChI=1S/C21H20N2O5S/c1-3-27-17-10-14(6-9-16(17)28-12-19(24)25)11-18-20(26)23-21(29-18)22-15-7-4-13(2)5-8-15/h4-11H,3,12H2,1-2H3,(H,24,25)(H,22,23,26)/p-1/b18-11-. The summed E-state index contributed by atoms with van der Waals surface area (Å²) in [6, 6.07) is 12.7. The minimum atomic E-state index is -1.32. The Kier molecular flexibility index (Phi) is 6.56. The van der Waals surface area contributed by atoms with Gasteiger partial charge in [-0.3, -0.25) is 4.79 Å². The molecule has 1 heterocycles. The molecule has 2 aromatic carbocycles. The molecule has 8 heteroatoms. The van der Waals surface area contributed by atoms with E-state index < -0.39 is 12.6 Å². The molecule has 0 radical (unpaired) electrons. The van der Waals surface area contributed by atoms with Crippen LogP contribution in [0.4, 0.5) is 5.69 Å². The van der Waals surface area contributed by atoms with E-state index in [9.17, 15) is 14.7 Å². The summed E-state index contributed by atoms with van der Waals surface area (Å²) in [5, 5.41) is 13.9. The maximum atomic E-state index is 12.3. The smallest absolute Gasteiger partial charge is 0.264 e. The second-order valence-corrected chi connectivity index (χ2v) is 7.15. The number of thioether (sulfide) groups is 1. The number of hydrogen-bond donors (Lipinski definition) is 1. The first kappa shape index (κ1) is 20.5.